The van der Waals surface area contributed by atoms with Crippen molar-refractivity contribution in [1.82, 2.24) is 4.90 Å². The van der Waals surface area contributed by atoms with Crippen molar-refractivity contribution in [2.24, 2.45) is 0 Å². The van der Waals surface area contributed by atoms with Gasteiger partial charge in [-0.25, -0.2) is 0 Å². The minimum atomic E-state index is 0.160. The summed E-state index contributed by atoms with van der Waals surface area (Å²) in [6.45, 7) is 7.07. The second-order valence-corrected chi connectivity index (χ2v) is 9.62. The summed E-state index contributed by atoms with van der Waals surface area (Å²) in [6.07, 6.45) is 3.92. The molecule has 3 aromatic rings. The molecule has 34 heavy (non-hydrogen) atoms. The van der Waals surface area contributed by atoms with Gasteiger partial charge in [-0.15, -0.1) is 0 Å². The minimum Gasteiger partial charge on any atom is -0.508 e. The number of nitrogens with zero attached hydrogens (tertiary/aromatic N) is 1. The van der Waals surface area contributed by atoms with E-state index in [1.54, 1.807) is 12.1 Å². The molecular formula is C31H37NO2. The summed E-state index contributed by atoms with van der Waals surface area (Å²) < 4.78 is 0. The number of piperidine rings is 1. The summed E-state index contributed by atoms with van der Waals surface area (Å²) in [7, 11) is 0. The second kappa shape index (κ2) is 11.5. The van der Waals surface area contributed by atoms with E-state index in [2.05, 4.69) is 67.3 Å². The Hall–Kier alpha value is -2.88. The quantitative estimate of drug-likeness (QED) is 0.371. The lowest BCUT2D eigenvalue weighted by Gasteiger charge is -2.34. The van der Waals surface area contributed by atoms with Gasteiger partial charge in [-0.2, -0.15) is 0 Å². The Morgan fingerprint density at radius 3 is 1.97 bits per heavy atom. The summed E-state index contributed by atoms with van der Waals surface area (Å²) in [5, 5.41) is 19.5. The zero-order valence-electron chi connectivity index (χ0n) is 20.5. The zero-order chi connectivity index (χ0) is 23.9. The van der Waals surface area contributed by atoms with E-state index < -0.39 is 0 Å². The van der Waals surface area contributed by atoms with Gasteiger partial charge < -0.3 is 15.1 Å². The van der Waals surface area contributed by atoms with Gasteiger partial charge in [0.25, 0.3) is 0 Å². The molecule has 1 aliphatic heterocycles. The van der Waals surface area contributed by atoms with Gasteiger partial charge in [0.2, 0.25) is 0 Å². The van der Waals surface area contributed by atoms with E-state index in [9.17, 15) is 10.2 Å². The van der Waals surface area contributed by atoms with E-state index in [0.29, 0.717) is 18.4 Å². The van der Waals surface area contributed by atoms with Gasteiger partial charge in [0.15, 0.2) is 0 Å². The summed E-state index contributed by atoms with van der Waals surface area (Å²) >= 11 is 0. The van der Waals surface area contributed by atoms with Crippen molar-refractivity contribution in [3.05, 3.63) is 101 Å². The Labute approximate surface area is 204 Å². The summed E-state index contributed by atoms with van der Waals surface area (Å²) in [4.78, 5) is 2.57. The standard InChI is InChI=1S/C31H37NO2/c1-23(2)32-20-18-25(19-21-32)24-10-12-27(13-11-24)31(28-14-16-29(34)17-15-28)30(9-6-22-33)26-7-4-3-5-8-26/h3-5,7-8,10-17,23,25,33-34H,6,9,18-22H2,1-2H3/b31-30+. The van der Waals surface area contributed by atoms with Crippen LogP contribution in [-0.2, 0) is 0 Å². The maximum absolute atomic E-state index is 9.89. The second-order valence-electron chi connectivity index (χ2n) is 9.62. The van der Waals surface area contributed by atoms with Crippen molar-refractivity contribution in [2.45, 2.75) is 51.5 Å². The number of aliphatic hydroxyl groups is 1. The minimum absolute atomic E-state index is 0.160. The topological polar surface area (TPSA) is 43.7 Å². The van der Waals surface area contributed by atoms with Gasteiger partial charge in [-0.05, 0) is 104 Å². The largest absolute Gasteiger partial charge is 0.508 e. The van der Waals surface area contributed by atoms with Crippen molar-refractivity contribution in [2.75, 3.05) is 19.7 Å². The highest BCUT2D eigenvalue weighted by Crippen LogP contribution is 2.37. The lowest BCUT2D eigenvalue weighted by molar-refractivity contribution is 0.172. The van der Waals surface area contributed by atoms with Crippen LogP contribution in [0.15, 0.2) is 78.9 Å². The fourth-order valence-corrected chi connectivity index (χ4v) is 5.12. The maximum atomic E-state index is 9.89. The van der Waals surface area contributed by atoms with Crippen LogP contribution in [0.5, 0.6) is 5.75 Å². The van der Waals surface area contributed by atoms with Crippen molar-refractivity contribution in [3.63, 3.8) is 0 Å². The molecule has 3 nitrogen and oxygen atoms in total. The van der Waals surface area contributed by atoms with Gasteiger partial charge in [-0.3, -0.25) is 0 Å². The monoisotopic (exact) mass is 455 g/mol. The zero-order valence-corrected chi connectivity index (χ0v) is 20.5. The molecule has 0 aliphatic carbocycles. The third-order valence-electron chi connectivity index (χ3n) is 7.10. The molecule has 3 heteroatoms. The van der Waals surface area contributed by atoms with Gasteiger partial charge in [0.1, 0.15) is 5.75 Å². The van der Waals surface area contributed by atoms with Crippen LogP contribution in [0, 0.1) is 0 Å². The summed E-state index contributed by atoms with van der Waals surface area (Å²) in [5.74, 6) is 0.885. The van der Waals surface area contributed by atoms with E-state index in [1.807, 2.05) is 18.2 Å². The molecule has 0 aromatic heterocycles. The molecule has 0 bridgehead atoms. The van der Waals surface area contributed by atoms with Crippen LogP contribution in [-0.4, -0.2) is 40.9 Å². The van der Waals surface area contributed by atoms with Crippen molar-refractivity contribution in [1.29, 1.82) is 0 Å². The number of aromatic hydroxyl groups is 1. The smallest absolute Gasteiger partial charge is 0.115 e. The van der Waals surface area contributed by atoms with Gasteiger partial charge in [-0.1, -0.05) is 66.7 Å². The maximum Gasteiger partial charge on any atom is 0.115 e. The van der Waals surface area contributed by atoms with Gasteiger partial charge in [0, 0.05) is 12.6 Å². The normalized spacial score (nSPS) is 16.0. The lowest BCUT2D eigenvalue weighted by atomic mass is 9.85. The molecular weight excluding hydrogens is 418 g/mol. The number of aliphatic hydroxyl groups excluding tert-OH is 1. The molecule has 0 unspecified atom stereocenters. The molecule has 1 saturated heterocycles. The van der Waals surface area contributed by atoms with Crippen LogP contribution < -0.4 is 0 Å². The Morgan fingerprint density at radius 1 is 0.824 bits per heavy atom. The Bertz CT molecular complexity index is 1060. The summed E-state index contributed by atoms with van der Waals surface area (Å²) in [5.41, 5.74) is 7.23. The van der Waals surface area contributed by atoms with E-state index in [-0.39, 0.29) is 12.4 Å². The fourth-order valence-electron chi connectivity index (χ4n) is 5.12. The van der Waals surface area contributed by atoms with Crippen LogP contribution in [0.25, 0.3) is 11.1 Å². The first-order valence-electron chi connectivity index (χ1n) is 12.6. The average Bonchev–Trinajstić information content (AvgIpc) is 2.88. The molecule has 4 rings (SSSR count). The molecule has 0 amide bonds. The first kappa shape index (κ1) is 24.3. The van der Waals surface area contributed by atoms with Crippen molar-refractivity contribution in [3.8, 4) is 5.75 Å². The lowest BCUT2D eigenvalue weighted by Crippen LogP contribution is -2.37. The molecule has 0 radical (unpaired) electrons. The molecule has 2 N–H and O–H groups in total. The molecule has 1 aliphatic rings. The van der Waals surface area contributed by atoms with Crippen LogP contribution in [0.4, 0.5) is 0 Å². The van der Waals surface area contributed by atoms with Crippen molar-refractivity contribution < 1.29 is 10.2 Å². The molecule has 3 aromatic carbocycles. The third kappa shape index (κ3) is 5.78. The first-order chi connectivity index (χ1) is 16.6. The number of rotatable bonds is 8. The molecule has 0 saturated carbocycles. The van der Waals surface area contributed by atoms with Crippen LogP contribution in [0.2, 0.25) is 0 Å². The van der Waals surface area contributed by atoms with Gasteiger partial charge in [0.05, 0.1) is 0 Å². The van der Waals surface area contributed by atoms with Gasteiger partial charge >= 0.3 is 0 Å². The number of phenolic OH excluding ortho intramolecular Hbond substituents is 1. The van der Waals surface area contributed by atoms with Crippen LogP contribution in [0.1, 0.15) is 67.7 Å². The first-order valence-corrected chi connectivity index (χ1v) is 12.6. The molecule has 1 heterocycles. The average molecular weight is 456 g/mol. The predicted molar refractivity (Wildman–Crippen MR) is 142 cm³/mol. The van der Waals surface area contributed by atoms with E-state index in [0.717, 1.165) is 12.0 Å². The number of benzene rings is 3. The fraction of sp³-hybridized carbons (Fsp3) is 0.355. The molecule has 0 atom stereocenters. The van der Waals surface area contributed by atoms with E-state index >= 15 is 0 Å². The van der Waals surface area contributed by atoms with E-state index in [4.69, 9.17) is 0 Å². The third-order valence-corrected chi connectivity index (χ3v) is 7.10. The Kier molecular flexibility index (Phi) is 8.21. The number of allylic oxidation sites excluding steroid dienone is 1. The number of phenols is 1. The highest BCUT2D eigenvalue weighted by molar-refractivity contribution is 5.98. The number of hydrogen-bond donors (Lipinski definition) is 2. The Morgan fingerprint density at radius 2 is 1.41 bits per heavy atom. The SMILES string of the molecule is CC(C)N1CCC(c2ccc(/C(=C(/CCCO)c3ccccc3)c3ccc(O)cc3)cc2)CC1. The van der Waals surface area contributed by atoms with Crippen molar-refractivity contribution >= 4 is 11.1 Å². The highest BCUT2D eigenvalue weighted by Gasteiger charge is 2.22. The van der Waals surface area contributed by atoms with Crippen LogP contribution >= 0.6 is 0 Å². The molecule has 0 spiro atoms. The summed E-state index contributed by atoms with van der Waals surface area (Å²) in [6, 6.07) is 27.7. The predicted octanol–water partition coefficient (Wildman–Crippen LogP) is 6.71. The van der Waals surface area contributed by atoms with Crippen LogP contribution in [0.3, 0.4) is 0 Å². The number of likely N-dealkylation sites (tertiary alicyclic amines) is 1. The molecule has 178 valence electrons. The van der Waals surface area contributed by atoms with E-state index in [1.165, 1.54) is 53.8 Å². The highest BCUT2D eigenvalue weighted by atomic mass is 16.3. The number of hydrogen-bond acceptors (Lipinski definition) is 3. The molecule has 1 fully saturated rings. The Balaban J connectivity index is 1.72.